The molecule has 0 saturated carbocycles. The highest BCUT2D eigenvalue weighted by atomic mass is 127. The van der Waals surface area contributed by atoms with Crippen molar-refractivity contribution in [3.8, 4) is 0 Å². The molecule has 0 aliphatic carbocycles. The number of halogens is 1. The quantitative estimate of drug-likeness (QED) is 0.241. The zero-order valence-corrected chi connectivity index (χ0v) is 18.6. The van der Waals surface area contributed by atoms with Crippen molar-refractivity contribution in [2.75, 3.05) is 13.1 Å². The minimum Gasteiger partial charge on any atom is -0.357 e. The number of nitrogens with zero attached hydrogens (tertiary/aromatic N) is 5. The number of rotatable bonds is 6. The first-order valence-electron chi connectivity index (χ1n) is 9.48. The lowest BCUT2D eigenvalue weighted by atomic mass is 10.1. The van der Waals surface area contributed by atoms with E-state index in [0.29, 0.717) is 6.54 Å². The van der Waals surface area contributed by atoms with Crippen LogP contribution >= 0.6 is 24.0 Å². The summed E-state index contributed by atoms with van der Waals surface area (Å²) in [5.41, 5.74) is 3.11. The lowest BCUT2D eigenvalue weighted by Gasteiger charge is -2.12. The number of nitrogens with one attached hydrogen (secondary N) is 2. The average Bonchev–Trinajstić information content (AvgIpc) is 3.15. The first-order chi connectivity index (χ1) is 13.8. The molecule has 4 aromatic rings. The molecule has 0 amide bonds. The molecule has 0 unspecified atom stereocenters. The lowest BCUT2D eigenvalue weighted by Crippen LogP contribution is -2.38. The summed E-state index contributed by atoms with van der Waals surface area (Å²) in [6, 6.07) is 16.2. The molecule has 0 radical (unpaired) electrons. The van der Waals surface area contributed by atoms with Crippen LogP contribution in [0.3, 0.4) is 0 Å². The molecule has 3 heterocycles. The van der Waals surface area contributed by atoms with Crippen LogP contribution in [0.5, 0.6) is 0 Å². The summed E-state index contributed by atoms with van der Waals surface area (Å²) in [5, 5.41) is 16.2. The maximum atomic E-state index is 4.66. The Bertz CT molecular complexity index is 1100. The molecule has 0 fully saturated rings. The zero-order chi connectivity index (χ0) is 19.2. The Morgan fingerprint density at radius 1 is 1.03 bits per heavy atom. The third-order valence-corrected chi connectivity index (χ3v) is 4.51. The SMILES string of the molecule is CCNC(=NCc1nnc2ccccn12)NCCc1cccc2cccnc12.I. The predicted molar refractivity (Wildman–Crippen MR) is 127 cm³/mol. The van der Waals surface area contributed by atoms with Gasteiger partial charge in [-0.25, -0.2) is 4.99 Å². The second-order valence-electron chi connectivity index (χ2n) is 6.41. The van der Waals surface area contributed by atoms with E-state index in [0.717, 1.165) is 42.5 Å². The van der Waals surface area contributed by atoms with Crippen molar-refractivity contribution < 1.29 is 0 Å². The highest BCUT2D eigenvalue weighted by Gasteiger charge is 2.06. The van der Waals surface area contributed by atoms with E-state index in [-0.39, 0.29) is 24.0 Å². The highest BCUT2D eigenvalue weighted by Crippen LogP contribution is 2.15. The van der Waals surface area contributed by atoms with Crippen molar-refractivity contribution in [3.63, 3.8) is 0 Å². The summed E-state index contributed by atoms with van der Waals surface area (Å²) >= 11 is 0. The van der Waals surface area contributed by atoms with Gasteiger partial charge in [-0.1, -0.05) is 30.3 Å². The molecular weight excluding hydrogens is 477 g/mol. The average molecular weight is 501 g/mol. The molecule has 8 heteroatoms. The molecule has 3 aromatic heterocycles. The van der Waals surface area contributed by atoms with Gasteiger partial charge in [0.2, 0.25) is 0 Å². The summed E-state index contributed by atoms with van der Waals surface area (Å²) in [4.78, 5) is 9.18. The second-order valence-corrected chi connectivity index (χ2v) is 6.41. The van der Waals surface area contributed by atoms with Crippen molar-refractivity contribution in [2.45, 2.75) is 19.9 Å². The van der Waals surface area contributed by atoms with Gasteiger partial charge in [0.15, 0.2) is 17.4 Å². The van der Waals surface area contributed by atoms with E-state index in [1.165, 1.54) is 10.9 Å². The first kappa shape index (κ1) is 21.0. The maximum Gasteiger partial charge on any atom is 0.191 e. The van der Waals surface area contributed by atoms with Crippen molar-refractivity contribution in [1.29, 1.82) is 0 Å². The summed E-state index contributed by atoms with van der Waals surface area (Å²) in [5.74, 6) is 1.58. The van der Waals surface area contributed by atoms with Gasteiger partial charge in [0.1, 0.15) is 6.54 Å². The van der Waals surface area contributed by atoms with Gasteiger partial charge in [0, 0.05) is 30.9 Å². The van der Waals surface area contributed by atoms with Gasteiger partial charge in [-0.05, 0) is 37.1 Å². The van der Waals surface area contributed by atoms with Gasteiger partial charge in [0.05, 0.1) is 5.52 Å². The summed E-state index contributed by atoms with van der Waals surface area (Å²) < 4.78 is 1.95. The van der Waals surface area contributed by atoms with E-state index in [2.05, 4.69) is 62.0 Å². The number of hydrogen-bond donors (Lipinski definition) is 2. The van der Waals surface area contributed by atoms with Crippen LogP contribution in [0.15, 0.2) is 65.9 Å². The molecule has 1 aromatic carbocycles. The van der Waals surface area contributed by atoms with Crippen LogP contribution in [0.2, 0.25) is 0 Å². The van der Waals surface area contributed by atoms with E-state index < -0.39 is 0 Å². The number of fused-ring (bicyclic) bond motifs is 2. The van der Waals surface area contributed by atoms with Gasteiger partial charge < -0.3 is 10.6 Å². The molecule has 29 heavy (non-hydrogen) atoms. The van der Waals surface area contributed by atoms with Crippen LogP contribution in [-0.2, 0) is 13.0 Å². The Morgan fingerprint density at radius 3 is 2.83 bits per heavy atom. The first-order valence-corrected chi connectivity index (χ1v) is 9.48. The molecule has 0 saturated heterocycles. The van der Waals surface area contributed by atoms with Crippen LogP contribution in [0.1, 0.15) is 18.3 Å². The molecule has 150 valence electrons. The topological polar surface area (TPSA) is 79.5 Å². The molecule has 0 aliphatic heterocycles. The van der Waals surface area contributed by atoms with Crippen LogP contribution in [-0.4, -0.2) is 38.6 Å². The van der Waals surface area contributed by atoms with Crippen LogP contribution in [0, 0.1) is 0 Å². The Morgan fingerprint density at radius 2 is 1.93 bits per heavy atom. The van der Waals surface area contributed by atoms with Crippen molar-refractivity contribution in [2.24, 2.45) is 4.99 Å². The van der Waals surface area contributed by atoms with E-state index in [1.807, 2.05) is 41.1 Å². The number of pyridine rings is 2. The fourth-order valence-electron chi connectivity index (χ4n) is 3.17. The van der Waals surface area contributed by atoms with Crippen LogP contribution in [0.25, 0.3) is 16.6 Å². The van der Waals surface area contributed by atoms with Crippen LogP contribution < -0.4 is 10.6 Å². The van der Waals surface area contributed by atoms with Gasteiger partial charge >= 0.3 is 0 Å². The summed E-state index contributed by atoms with van der Waals surface area (Å²) in [6.45, 7) is 4.07. The second kappa shape index (κ2) is 10.1. The standard InChI is InChI=1S/C21H23N7.HI/c1-2-22-21(25-15-19-27-26-18-10-3-4-14-28(18)19)24-13-11-17-8-5-7-16-9-6-12-23-20(16)17;/h3-10,12,14H,2,11,13,15H2,1H3,(H2,22,24,25);1H. The highest BCUT2D eigenvalue weighted by molar-refractivity contribution is 14.0. The predicted octanol–water partition coefficient (Wildman–Crippen LogP) is 3.19. The summed E-state index contributed by atoms with van der Waals surface area (Å²) in [6.07, 6.45) is 4.66. The van der Waals surface area contributed by atoms with Crippen molar-refractivity contribution >= 4 is 46.5 Å². The number of para-hydroxylation sites is 1. The normalized spacial score (nSPS) is 11.4. The third kappa shape index (κ3) is 5.00. The minimum atomic E-state index is 0. The Hall–Kier alpha value is -2.75. The minimum absolute atomic E-state index is 0. The number of aliphatic imine (C=N–C) groups is 1. The molecule has 0 atom stereocenters. The lowest BCUT2D eigenvalue weighted by molar-refractivity contribution is 0.789. The van der Waals surface area contributed by atoms with E-state index in [1.54, 1.807) is 0 Å². The van der Waals surface area contributed by atoms with Crippen molar-refractivity contribution in [1.82, 2.24) is 30.2 Å². The number of benzene rings is 1. The fourth-order valence-corrected chi connectivity index (χ4v) is 3.17. The third-order valence-electron chi connectivity index (χ3n) is 4.51. The molecule has 4 rings (SSSR count). The van der Waals surface area contributed by atoms with Crippen LogP contribution in [0.4, 0.5) is 0 Å². The van der Waals surface area contributed by atoms with Gasteiger partial charge in [0.25, 0.3) is 0 Å². The largest absolute Gasteiger partial charge is 0.357 e. The molecule has 2 N–H and O–H groups in total. The van der Waals surface area contributed by atoms with Crippen molar-refractivity contribution in [3.05, 3.63) is 72.3 Å². The van der Waals surface area contributed by atoms with Gasteiger partial charge in [-0.2, -0.15) is 0 Å². The number of guanidine groups is 1. The molecule has 7 nitrogen and oxygen atoms in total. The summed E-state index contributed by atoms with van der Waals surface area (Å²) in [7, 11) is 0. The Labute approximate surface area is 186 Å². The molecular formula is C21H24IN7. The van der Waals surface area contributed by atoms with E-state index in [9.17, 15) is 0 Å². The van der Waals surface area contributed by atoms with E-state index in [4.69, 9.17) is 0 Å². The maximum absolute atomic E-state index is 4.66. The Balaban J connectivity index is 0.00000240. The number of hydrogen-bond acceptors (Lipinski definition) is 4. The fraction of sp³-hybridized carbons (Fsp3) is 0.238. The monoisotopic (exact) mass is 501 g/mol. The molecule has 0 bridgehead atoms. The van der Waals surface area contributed by atoms with E-state index >= 15 is 0 Å². The number of aromatic nitrogens is 4. The smallest absolute Gasteiger partial charge is 0.191 e. The zero-order valence-electron chi connectivity index (χ0n) is 16.2. The molecule has 0 aliphatic rings. The Kier molecular flexibility index (Phi) is 7.34. The van der Waals surface area contributed by atoms with Gasteiger partial charge in [-0.15, -0.1) is 34.2 Å². The molecule has 0 spiro atoms. The van der Waals surface area contributed by atoms with Gasteiger partial charge in [-0.3, -0.25) is 9.38 Å².